The molecule has 0 radical (unpaired) electrons. The van der Waals surface area contributed by atoms with Crippen molar-refractivity contribution in [1.82, 2.24) is 0 Å². The molecule has 136 valence electrons. The average molecular weight is 362 g/mol. The van der Waals surface area contributed by atoms with Gasteiger partial charge in [-0.25, -0.2) is 0 Å². The molecule has 0 aliphatic rings. The zero-order valence-corrected chi connectivity index (χ0v) is 13.6. The van der Waals surface area contributed by atoms with Crippen molar-refractivity contribution in [3.8, 4) is 17.2 Å². The normalized spacial score (nSPS) is 25.2. The summed E-state index contributed by atoms with van der Waals surface area (Å²) in [6, 6.07) is -5.54. The third-order valence-corrected chi connectivity index (χ3v) is 2.73. The van der Waals surface area contributed by atoms with Crippen LogP contribution in [0, 0.1) is 6.92 Å². The SMILES string of the molecule is [2H]c1c([2H])c(C)c([2H])c(OCC([2H])(O)C([2H])([2H])CC([2H])([2H])C([2H])([2H])c2c([2H])c([2H])c(OC)c(OC([2H])([2H])[2H])c2[2H])c1[2H]. The van der Waals surface area contributed by atoms with Crippen LogP contribution in [-0.4, -0.2) is 31.9 Å². The molecule has 2 rings (SSSR count). The van der Waals surface area contributed by atoms with E-state index < -0.39 is 110 Å². The Balaban J connectivity index is 2.53. The van der Waals surface area contributed by atoms with Gasteiger partial charge in [0.25, 0.3) is 0 Å². The molecule has 1 unspecified atom stereocenters. The number of benzene rings is 2. The minimum absolute atomic E-state index is 0.0699. The second-order valence-corrected chi connectivity index (χ2v) is 4.56. The van der Waals surface area contributed by atoms with Crippen LogP contribution in [-0.2, 0) is 6.37 Å². The first-order valence-electron chi connectivity index (χ1n) is 15.5. The van der Waals surface area contributed by atoms with Gasteiger partial charge < -0.3 is 19.3 Å². The molecule has 1 N–H and O–H groups in total. The van der Waals surface area contributed by atoms with E-state index in [9.17, 15) is 5.11 Å². The van der Waals surface area contributed by atoms with Gasteiger partial charge in [0.15, 0.2) is 11.5 Å². The molecule has 0 spiro atoms. The molecule has 0 fully saturated rings. The highest BCUT2D eigenvalue weighted by Gasteiger charge is 2.07. The summed E-state index contributed by atoms with van der Waals surface area (Å²) in [6.07, 6.45) is -15.3. The van der Waals surface area contributed by atoms with Gasteiger partial charge in [0, 0.05) is 8.22 Å². The lowest BCUT2D eigenvalue weighted by Crippen LogP contribution is -2.17. The van der Waals surface area contributed by atoms with E-state index >= 15 is 0 Å². The van der Waals surface area contributed by atoms with Crippen molar-refractivity contribution in [1.29, 1.82) is 0 Å². The first-order valence-corrected chi connectivity index (χ1v) is 7.05. The van der Waals surface area contributed by atoms with Crippen LogP contribution in [0.4, 0.5) is 0 Å². The molecule has 0 bridgehead atoms. The van der Waals surface area contributed by atoms with Gasteiger partial charge in [-0.2, -0.15) is 0 Å². The molecule has 4 heteroatoms. The maximum Gasteiger partial charge on any atom is 0.160 e. The Labute approximate surface area is 174 Å². The number of hydrogen-bond acceptors (Lipinski definition) is 4. The molecule has 0 heterocycles. The molecule has 0 aliphatic heterocycles. The Kier molecular flexibility index (Phi) is 2.59. The second kappa shape index (κ2) is 9.94. The fourth-order valence-electron chi connectivity index (χ4n) is 1.61. The third kappa shape index (κ3) is 6.31. The van der Waals surface area contributed by atoms with Gasteiger partial charge in [0.2, 0.25) is 0 Å². The minimum atomic E-state index is -3.52. The summed E-state index contributed by atoms with van der Waals surface area (Å²) >= 11 is 0. The highest BCUT2D eigenvalue weighted by atomic mass is 16.5. The molecule has 1 atom stereocenters. The Morgan fingerprint density at radius 3 is 2.92 bits per heavy atom. The molecule has 0 amide bonds. The number of rotatable bonds is 10. The Hall–Kier alpha value is -2.20. The number of ether oxygens (including phenoxy) is 3. The summed E-state index contributed by atoms with van der Waals surface area (Å²) < 4.78 is 151. The average Bonchev–Trinajstić information content (AvgIpc) is 2.83. The van der Waals surface area contributed by atoms with Gasteiger partial charge in [0.05, 0.1) is 35.3 Å². The summed E-state index contributed by atoms with van der Waals surface area (Å²) in [7, 11) is -2.25. The topological polar surface area (TPSA) is 47.9 Å². The summed E-state index contributed by atoms with van der Waals surface area (Å²) in [4.78, 5) is 0. The van der Waals surface area contributed by atoms with E-state index in [-0.39, 0.29) is 5.56 Å². The van der Waals surface area contributed by atoms with Crippen LogP contribution in [0.1, 0.15) is 53.6 Å². The van der Waals surface area contributed by atoms with Crippen molar-refractivity contribution < 1.29 is 42.6 Å². The maximum absolute atomic E-state index is 10.6. The number of aliphatic hydroxyl groups is 1. The minimum Gasteiger partial charge on any atom is -0.493 e. The van der Waals surface area contributed by atoms with Crippen LogP contribution in [0.3, 0.4) is 0 Å². The van der Waals surface area contributed by atoms with Crippen molar-refractivity contribution >= 4 is 0 Å². The van der Waals surface area contributed by atoms with E-state index in [1.807, 2.05) is 0 Å². The largest absolute Gasteiger partial charge is 0.493 e. The molecule has 0 aliphatic carbocycles. The van der Waals surface area contributed by atoms with Crippen molar-refractivity contribution in [2.24, 2.45) is 0 Å². The van der Waals surface area contributed by atoms with E-state index in [0.717, 1.165) is 7.11 Å². The quantitative estimate of drug-likeness (QED) is 0.690. The van der Waals surface area contributed by atoms with Crippen LogP contribution in [0.25, 0.3) is 0 Å². The van der Waals surface area contributed by atoms with Crippen molar-refractivity contribution in [2.45, 2.75) is 38.5 Å². The van der Waals surface area contributed by atoms with Gasteiger partial charge in [-0.15, -0.1) is 0 Å². The van der Waals surface area contributed by atoms with Gasteiger partial charge in [-0.1, -0.05) is 24.5 Å². The monoisotopic (exact) mass is 361 g/mol. The first kappa shape index (κ1) is 6.51. The summed E-state index contributed by atoms with van der Waals surface area (Å²) in [5.41, 5.74) is -1.25. The van der Waals surface area contributed by atoms with Crippen LogP contribution in [0.15, 0.2) is 42.3 Å². The van der Waals surface area contributed by atoms with E-state index in [4.69, 9.17) is 37.5 Å². The predicted octanol–water partition coefficient (Wildman–Crippen LogP) is 4.16. The van der Waals surface area contributed by atoms with Gasteiger partial charge in [-0.05, 0) is 61.3 Å². The molecule has 25 heavy (non-hydrogen) atoms. The smallest absolute Gasteiger partial charge is 0.160 e. The Morgan fingerprint density at radius 1 is 1.24 bits per heavy atom. The fourth-order valence-corrected chi connectivity index (χ4v) is 1.61. The number of methoxy groups -OCH3 is 2. The molecule has 2 aromatic rings. The second-order valence-electron chi connectivity index (χ2n) is 4.56. The van der Waals surface area contributed by atoms with Crippen LogP contribution >= 0.6 is 0 Å². The zero-order chi connectivity index (χ0) is 33.0. The highest BCUT2D eigenvalue weighted by Crippen LogP contribution is 2.28. The van der Waals surface area contributed by atoms with E-state index in [1.165, 1.54) is 6.92 Å². The molecule has 0 aromatic heterocycles. The molecular weight excluding hydrogens is 316 g/mol. The van der Waals surface area contributed by atoms with Gasteiger partial charge in [0.1, 0.15) is 12.4 Å². The van der Waals surface area contributed by atoms with Crippen molar-refractivity contribution in [2.75, 3.05) is 20.8 Å². The fraction of sp³-hybridized carbons (Fsp3) is 0.429. The highest BCUT2D eigenvalue weighted by molar-refractivity contribution is 5.42. The predicted molar refractivity (Wildman–Crippen MR) is 99.8 cm³/mol. The van der Waals surface area contributed by atoms with Crippen molar-refractivity contribution in [3.05, 3.63) is 53.4 Å². The zero-order valence-electron chi connectivity index (χ0n) is 30.6. The van der Waals surface area contributed by atoms with Crippen LogP contribution < -0.4 is 14.2 Å². The van der Waals surface area contributed by atoms with Gasteiger partial charge in [-0.3, -0.25) is 0 Å². The van der Waals surface area contributed by atoms with E-state index in [0.29, 0.717) is 0 Å². The third-order valence-electron chi connectivity index (χ3n) is 2.73. The van der Waals surface area contributed by atoms with Gasteiger partial charge >= 0.3 is 0 Å². The summed E-state index contributed by atoms with van der Waals surface area (Å²) in [6.45, 7) is -0.0364. The van der Waals surface area contributed by atoms with Crippen molar-refractivity contribution in [3.63, 3.8) is 0 Å². The lowest BCUT2D eigenvalue weighted by atomic mass is 10.0. The Morgan fingerprint density at radius 2 is 2.12 bits per heavy atom. The van der Waals surface area contributed by atoms with E-state index in [1.54, 1.807) is 0 Å². The van der Waals surface area contributed by atoms with E-state index in [2.05, 4.69) is 0 Å². The molecule has 2 aromatic carbocycles. The Bertz CT molecular complexity index is 1330. The standard InChI is InChI=1S/C21H28O4/c1-16-7-6-10-19(13-16)25-15-18(22)9-5-4-8-17-11-12-20(23-2)21(14-17)24-3/h6-7,10-14,18,22H,4-5,8-9,15H2,1-3H3/i3D3,4D2,6D,7D,8D2,9D2,10D,11D,12D,13D,14D,18D. The summed E-state index contributed by atoms with van der Waals surface area (Å²) in [5.74, 6) is -2.34. The first-order chi connectivity index (χ1) is 18.8. The molecule has 0 saturated carbocycles. The molecule has 4 nitrogen and oxygen atoms in total. The van der Waals surface area contributed by atoms with Crippen LogP contribution in [0.2, 0.25) is 0 Å². The maximum atomic E-state index is 10.6. The van der Waals surface area contributed by atoms with Crippen LogP contribution in [0.5, 0.6) is 17.2 Å². The molecular formula is C21H28O4. The lowest BCUT2D eigenvalue weighted by molar-refractivity contribution is 0.0976. The summed E-state index contributed by atoms with van der Waals surface area (Å²) in [5, 5.41) is 10.6. The number of hydrogen-bond donors (Lipinski definition) is 1. The lowest BCUT2D eigenvalue weighted by Gasteiger charge is -2.13. The molecule has 0 saturated heterocycles.